The highest BCUT2D eigenvalue weighted by atomic mass is 35.5. The number of alkyl carbamates (subject to hydrolysis) is 1. The van der Waals surface area contributed by atoms with E-state index in [9.17, 15) is 9.18 Å². The van der Waals surface area contributed by atoms with Crippen LogP contribution in [0.5, 0.6) is 0 Å². The predicted octanol–water partition coefficient (Wildman–Crippen LogP) is 3.87. The lowest BCUT2D eigenvalue weighted by atomic mass is 10.1. The Hall–Kier alpha value is -1.33. The molecule has 0 unspecified atom stereocenters. The van der Waals surface area contributed by atoms with E-state index in [4.69, 9.17) is 16.3 Å². The van der Waals surface area contributed by atoms with Crippen molar-refractivity contribution in [2.75, 3.05) is 6.54 Å². The lowest BCUT2D eigenvalue weighted by Gasteiger charge is -2.29. The predicted molar refractivity (Wildman–Crippen MR) is 86.6 cm³/mol. The van der Waals surface area contributed by atoms with E-state index in [1.165, 1.54) is 6.07 Å². The molecule has 0 aliphatic heterocycles. The fourth-order valence-electron chi connectivity index (χ4n) is 1.80. The molecule has 1 amide bonds. The molecule has 22 heavy (non-hydrogen) atoms. The molecule has 2 N–H and O–H groups in total. The second-order valence-electron chi connectivity index (χ2n) is 6.85. The van der Waals surface area contributed by atoms with Crippen LogP contribution in [0.2, 0.25) is 5.02 Å². The van der Waals surface area contributed by atoms with Crippen LogP contribution in [0.4, 0.5) is 9.18 Å². The summed E-state index contributed by atoms with van der Waals surface area (Å²) in [4.78, 5) is 11.8. The van der Waals surface area contributed by atoms with E-state index in [2.05, 4.69) is 10.6 Å². The van der Waals surface area contributed by atoms with Crippen LogP contribution in [-0.4, -0.2) is 23.8 Å². The Morgan fingerprint density at radius 3 is 2.45 bits per heavy atom. The molecule has 0 saturated carbocycles. The van der Waals surface area contributed by atoms with Crippen LogP contribution >= 0.6 is 11.6 Å². The van der Waals surface area contributed by atoms with Gasteiger partial charge in [0.15, 0.2) is 0 Å². The second kappa shape index (κ2) is 7.29. The van der Waals surface area contributed by atoms with Gasteiger partial charge in [-0.25, -0.2) is 9.18 Å². The molecule has 4 nitrogen and oxygen atoms in total. The summed E-state index contributed by atoms with van der Waals surface area (Å²) in [5.41, 5.74) is -0.539. The van der Waals surface area contributed by atoms with Gasteiger partial charge in [-0.2, -0.15) is 0 Å². The highest BCUT2D eigenvalue weighted by Gasteiger charge is 2.24. The highest BCUT2D eigenvalue weighted by molar-refractivity contribution is 6.30. The first-order valence-corrected chi connectivity index (χ1v) is 7.52. The highest BCUT2D eigenvalue weighted by Crippen LogP contribution is 2.14. The number of amides is 1. The van der Waals surface area contributed by atoms with Crippen molar-refractivity contribution in [2.24, 2.45) is 0 Å². The van der Waals surface area contributed by atoms with Crippen molar-refractivity contribution >= 4 is 17.7 Å². The fourth-order valence-corrected chi connectivity index (χ4v) is 1.96. The lowest BCUT2D eigenvalue weighted by molar-refractivity contribution is 0.0472. The summed E-state index contributed by atoms with van der Waals surface area (Å²) in [6.07, 6.45) is -0.475. The Morgan fingerprint density at radius 2 is 1.91 bits per heavy atom. The summed E-state index contributed by atoms with van der Waals surface area (Å²) in [6, 6.07) is 4.56. The van der Waals surface area contributed by atoms with Gasteiger partial charge in [-0.3, -0.25) is 0 Å². The van der Waals surface area contributed by atoms with Crippen molar-refractivity contribution in [1.29, 1.82) is 0 Å². The van der Waals surface area contributed by atoms with E-state index in [-0.39, 0.29) is 5.82 Å². The Kier molecular flexibility index (Phi) is 6.20. The van der Waals surface area contributed by atoms with Gasteiger partial charge in [-0.1, -0.05) is 17.7 Å². The standard InChI is InChI=1S/C16H24ClFN2O2/c1-15(2,3)22-14(21)20-16(4,5)10-19-9-11-6-7-12(17)8-13(11)18/h6-8,19H,9-10H2,1-5H3,(H,20,21). The zero-order chi connectivity index (χ0) is 17.0. The number of nitrogens with one attached hydrogen (secondary N) is 2. The van der Waals surface area contributed by atoms with Crippen LogP contribution in [0.1, 0.15) is 40.2 Å². The quantitative estimate of drug-likeness (QED) is 0.861. The Labute approximate surface area is 136 Å². The molecule has 124 valence electrons. The number of ether oxygens (including phenoxy) is 1. The maximum absolute atomic E-state index is 13.7. The molecule has 0 bridgehead atoms. The van der Waals surface area contributed by atoms with E-state index in [0.29, 0.717) is 23.7 Å². The van der Waals surface area contributed by atoms with Crippen molar-refractivity contribution in [3.63, 3.8) is 0 Å². The molecule has 6 heteroatoms. The number of benzene rings is 1. The zero-order valence-corrected chi connectivity index (χ0v) is 14.5. The van der Waals surface area contributed by atoms with E-state index in [0.717, 1.165) is 0 Å². The van der Waals surface area contributed by atoms with Gasteiger partial charge in [-0.15, -0.1) is 0 Å². The fraction of sp³-hybridized carbons (Fsp3) is 0.562. The molecule has 0 atom stereocenters. The first kappa shape index (κ1) is 18.7. The number of carbonyl (C=O) groups excluding carboxylic acids is 1. The van der Waals surface area contributed by atoms with Gasteiger partial charge < -0.3 is 15.4 Å². The monoisotopic (exact) mass is 330 g/mol. The molecule has 0 aliphatic carbocycles. The van der Waals surface area contributed by atoms with Gasteiger partial charge in [0.1, 0.15) is 11.4 Å². The molecule has 0 heterocycles. The van der Waals surface area contributed by atoms with Gasteiger partial charge in [0.2, 0.25) is 0 Å². The molecule has 0 fully saturated rings. The third-order valence-corrected chi connectivity index (χ3v) is 2.97. The second-order valence-corrected chi connectivity index (χ2v) is 7.29. The summed E-state index contributed by atoms with van der Waals surface area (Å²) in [5, 5.41) is 6.27. The molecule has 1 aromatic carbocycles. The molecule has 0 aromatic heterocycles. The molecule has 1 rings (SSSR count). The van der Waals surface area contributed by atoms with Crippen molar-refractivity contribution in [3.05, 3.63) is 34.6 Å². The summed E-state index contributed by atoms with van der Waals surface area (Å²) in [5.74, 6) is -0.349. The van der Waals surface area contributed by atoms with E-state index in [1.54, 1.807) is 32.9 Å². The van der Waals surface area contributed by atoms with E-state index in [1.807, 2.05) is 13.8 Å². The average Bonchev–Trinajstić information content (AvgIpc) is 2.28. The normalized spacial score (nSPS) is 12.1. The summed E-state index contributed by atoms with van der Waals surface area (Å²) >= 11 is 5.71. The van der Waals surface area contributed by atoms with Gasteiger partial charge in [0.25, 0.3) is 0 Å². The molecule has 0 saturated heterocycles. The number of halogens is 2. The Balaban J connectivity index is 2.47. The van der Waals surface area contributed by atoms with Crippen molar-refractivity contribution in [3.8, 4) is 0 Å². The van der Waals surface area contributed by atoms with Crippen LogP contribution < -0.4 is 10.6 Å². The average molecular weight is 331 g/mol. The third-order valence-electron chi connectivity index (χ3n) is 2.74. The molecule has 0 spiro atoms. The molecule has 0 aliphatic rings. The maximum Gasteiger partial charge on any atom is 0.408 e. The summed E-state index contributed by atoms with van der Waals surface area (Å²) < 4.78 is 18.9. The van der Waals surface area contributed by atoms with Gasteiger partial charge in [0.05, 0.1) is 5.54 Å². The number of hydrogen-bond donors (Lipinski definition) is 2. The summed E-state index contributed by atoms with van der Waals surface area (Å²) in [6.45, 7) is 9.96. The van der Waals surface area contributed by atoms with Crippen molar-refractivity contribution in [2.45, 2.75) is 52.3 Å². The van der Waals surface area contributed by atoms with Crippen LogP contribution in [0, 0.1) is 5.82 Å². The Bertz CT molecular complexity index is 527. The van der Waals surface area contributed by atoms with Crippen LogP contribution in [0.15, 0.2) is 18.2 Å². The van der Waals surface area contributed by atoms with Crippen LogP contribution in [0.25, 0.3) is 0 Å². The number of rotatable bonds is 5. The minimum Gasteiger partial charge on any atom is -0.444 e. The minimum atomic E-state index is -0.542. The number of carbonyl (C=O) groups is 1. The first-order chi connectivity index (χ1) is 9.98. The SMILES string of the molecule is CC(C)(CNCc1ccc(Cl)cc1F)NC(=O)OC(C)(C)C. The Morgan fingerprint density at radius 1 is 1.27 bits per heavy atom. The van der Waals surface area contributed by atoms with Gasteiger partial charge >= 0.3 is 6.09 Å². The molecular weight excluding hydrogens is 307 g/mol. The minimum absolute atomic E-state index is 0.349. The van der Waals surface area contributed by atoms with E-state index >= 15 is 0 Å². The lowest BCUT2D eigenvalue weighted by Crippen LogP contribution is -2.51. The largest absolute Gasteiger partial charge is 0.444 e. The zero-order valence-electron chi connectivity index (χ0n) is 13.7. The van der Waals surface area contributed by atoms with Crippen molar-refractivity contribution < 1.29 is 13.9 Å². The molecule has 1 aromatic rings. The topological polar surface area (TPSA) is 50.4 Å². The third kappa shape index (κ3) is 7.09. The maximum atomic E-state index is 13.7. The van der Waals surface area contributed by atoms with Crippen LogP contribution in [0.3, 0.4) is 0 Å². The molecule has 0 radical (unpaired) electrons. The smallest absolute Gasteiger partial charge is 0.408 e. The number of hydrogen-bond acceptors (Lipinski definition) is 3. The van der Waals surface area contributed by atoms with E-state index < -0.39 is 17.2 Å². The van der Waals surface area contributed by atoms with Crippen LogP contribution in [-0.2, 0) is 11.3 Å². The van der Waals surface area contributed by atoms with Gasteiger partial charge in [0, 0.05) is 23.7 Å². The molecular formula is C16H24ClFN2O2. The van der Waals surface area contributed by atoms with Gasteiger partial charge in [-0.05, 0) is 46.8 Å². The van der Waals surface area contributed by atoms with Crippen molar-refractivity contribution in [1.82, 2.24) is 10.6 Å². The first-order valence-electron chi connectivity index (χ1n) is 7.14. The summed E-state index contributed by atoms with van der Waals surface area (Å²) in [7, 11) is 0.